The second-order valence-electron chi connectivity index (χ2n) is 38.2. The van der Waals surface area contributed by atoms with Crippen molar-refractivity contribution in [2.24, 2.45) is 0 Å². The molecule has 33 nitrogen and oxygen atoms in total. The van der Waals surface area contributed by atoms with Crippen LogP contribution in [-0.2, 0) is 91.5 Å². The number of Topliss-reactive ketones (excluding diaryl/α,β-unsaturated/α-hetero) is 5. The van der Waals surface area contributed by atoms with Crippen LogP contribution in [0.3, 0.4) is 0 Å². The van der Waals surface area contributed by atoms with Crippen LogP contribution in [0.25, 0.3) is 32.9 Å². The molecule has 5 fully saturated rings. The van der Waals surface area contributed by atoms with Crippen LogP contribution in [0, 0.1) is 32.4 Å². The summed E-state index contributed by atoms with van der Waals surface area (Å²) in [7, 11) is 0. The minimum atomic E-state index is -0.670. The number of aliphatic hydroxyl groups excluding tert-OH is 1. The number of hydrogen-bond acceptors (Lipinski definition) is 30. The van der Waals surface area contributed by atoms with Gasteiger partial charge >= 0.3 is 0 Å². The molecular formula is C102H134F2N14O19S2. The van der Waals surface area contributed by atoms with Gasteiger partial charge in [0.1, 0.15) is 76.3 Å². The molecular weight excluding hydrogens is 1830 g/mol. The number of thioether (sulfide) groups is 2. The van der Waals surface area contributed by atoms with Gasteiger partial charge in [0.05, 0.1) is 52.2 Å². The molecule has 139 heavy (non-hydrogen) atoms. The highest BCUT2D eigenvalue weighted by Gasteiger charge is 2.42. The number of nitrogens with zero attached hydrogens (tertiary/aromatic N) is 14. The van der Waals surface area contributed by atoms with Gasteiger partial charge in [0.25, 0.3) is 16.7 Å². The Labute approximate surface area is 818 Å². The molecule has 9 aromatic rings. The molecule has 0 aliphatic carbocycles. The highest BCUT2D eigenvalue weighted by atomic mass is 32.2. The average molecular weight is 1960 g/mol. The topological polar surface area (TPSA) is 401 Å². The van der Waals surface area contributed by atoms with E-state index in [1.807, 2.05) is 37.5 Å². The normalized spacial score (nSPS) is 19.7. The van der Waals surface area contributed by atoms with Gasteiger partial charge in [0.2, 0.25) is 23.6 Å². The third-order valence-electron chi connectivity index (χ3n) is 28.1. The lowest BCUT2D eigenvalue weighted by Gasteiger charge is -2.31. The monoisotopic (exact) mass is 1960 g/mol. The Hall–Kier alpha value is -10.5. The minimum absolute atomic E-state index is 0. The molecule has 0 saturated carbocycles. The molecule has 14 heterocycles. The first-order valence-electron chi connectivity index (χ1n) is 49.5. The van der Waals surface area contributed by atoms with Crippen molar-refractivity contribution in [3.63, 3.8) is 0 Å². The highest BCUT2D eigenvalue weighted by Crippen LogP contribution is 2.39. The number of carbonyl (C=O) groups is 9. The lowest BCUT2D eigenvalue weighted by Crippen LogP contribution is -2.38. The smallest absolute Gasteiger partial charge is 0.257 e. The van der Waals surface area contributed by atoms with Gasteiger partial charge in [-0.3, -0.25) is 76.2 Å². The number of imide groups is 2. The summed E-state index contributed by atoms with van der Waals surface area (Å²) in [5.74, 6) is 1.53. The molecule has 0 spiro atoms. The Balaban J connectivity index is 0.000000190. The first-order chi connectivity index (χ1) is 67.1. The van der Waals surface area contributed by atoms with Crippen molar-refractivity contribution in [2.75, 3.05) is 103 Å². The summed E-state index contributed by atoms with van der Waals surface area (Å²) in [5, 5.41) is 24.8. The van der Waals surface area contributed by atoms with Gasteiger partial charge in [-0.1, -0.05) is 21.9 Å². The van der Waals surface area contributed by atoms with Gasteiger partial charge < -0.3 is 52.4 Å². The fourth-order valence-electron chi connectivity index (χ4n) is 20.3. The molecule has 5 saturated heterocycles. The van der Waals surface area contributed by atoms with Crippen LogP contribution in [0.15, 0.2) is 82.6 Å². The molecule has 4 amide bonds. The lowest BCUT2D eigenvalue weighted by molar-refractivity contribution is -0.142. The molecule has 0 radical (unpaired) electrons. The van der Waals surface area contributed by atoms with Gasteiger partial charge in [-0.05, 0) is 246 Å². The van der Waals surface area contributed by atoms with Crippen molar-refractivity contribution in [2.45, 2.75) is 281 Å². The SMILES string of the molecule is CC(=O)CCCCCOC1CCCn2c1nc(C)c(CCN1CCC(c3noc4cc(F)ccc34)CC1)c2=O.CC(=O)CSC1CC(=O)N(CC(=O)CCCOc2ccc3c(C4CCN(CCc5c(C)nc6n(c5=O)CCCC6O)CC4)noc3c2)C1=O.CC(=O)CSC1CC(=O)N(CCC(=O)CCCCOC2CCCn3c2nc(C)c(CCN2CCC(c4noc5cc(F)ccc45)CC2)c3=O)C1=O.[HH].[HH].[HH]. The number of aliphatic hydroxyl groups is 1. The first kappa shape index (κ1) is 103. The van der Waals surface area contributed by atoms with E-state index in [-0.39, 0.29) is 166 Å². The Kier molecular flexibility index (Phi) is 35.7. The van der Waals surface area contributed by atoms with E-state index in [4.69, 9.17) is 37.7 Å². The Morgan fingerprint density at radius 2 is 0.842 bits per heavy atom. The second-order valence-corrected chi connectivity index (χ2v) is 40.6. The van der Waals surface area contributed by atoms with Crippen molar-refractivity contribution in [3.05, 3.63) is 166 Å². The Morgan fingerprint density at radius 1 is 0.439 bits per heavy atom. The van der Waals surface area contributed by atoms with E-state index in [1.54, 1.807) is 34.3 Å². The van der Waals surface area contributed by atoms with Gasteiger partial charge in [-0.25, -0.2) is 23.7 Å². The molecule has 6 aromatic heterocycles. The zero-order chi connectivity index (χ0) is 98.1. The van der Waals surface area contributed by atoms with Gasteiger partial charge in [0.15, 0.2) is 22.5 Å². The van der Waals surface area contributed by atoms with Gasteiger partial charge in [0, 0.05) is 188 Å². The van der Waals surface area contributed by atoms with Crippen molar-refractivity contribution in [1.82, 2.24) is 68.6 Å². The third-order valence-corrected chi connectivity index (χ3v) is 30.8. The number of halogens is 2. The molecule has 752 valence electrons. The maximum Gasteiger partial charge on any atom is 0.257 e. The summed E-state index contributed by atoms with van der Waals surface area (Å²) >= 11 is 2.33. The fourth-order valence-corrected chi connectivity index (χ4v) is 22.2. The van der Waals surface area contributed by atoms with E-state index >= 15 is 0 Å². The quantitative estimate of drug-likeness (QED) is 0.0275. The van der Waals surface area contributed by atoms with Crippen molar-refractivity contribution >= 4 is 109 Å². The van der Waals surface area contributed by atoms with Crippen molar-refractivity contribution in [1.29, 1.82) is 0 Å². The Bertz CT molecular complexity index is 6170. The number of likely N-dealkylation sites (tertiary alicyclic amines) is 5. The van der Waals surface area contributed by atoms with E-state index in [0.29, 0.717) is 130 Å². The summed E-state index contributed by atoms with van der Waals surface area (Å²) in [6.07, 6.45) is 17.0. The van der Waals surface area contributed by atoms with E-state index in [1.165, 1.54) is 49.9 Å². The molecule has 5 unspecified atom stereocenters. The number of carbonyl (C=O) groups excluding carboxylic acids is 9. The number of ketones is 5. The molecule has 5 atom stereocenters. The van der Waals surface area contributed by atoms with Crippen LogP contribution in [0.2, 0.25) is 0 Å². The molecule has 17 rings (SSSR count). The summed E-state index contributed by atoms with van der Waals surface area (Å²) < 4.78 is 67.0. The van der Waals surface area contributed by atoms with Crippen LogP contribution in [0.5, 0.6) is 5.75 Å². The highest BCUT2D eigenvalue weighted by molar-refractivity contribution is 8.01. The Morgan fingerprint density at radius 3 is 1.30 bits per heavy atom. The summed E-state index contributed by atoms with van der Waals surface area (Å²) in [5.41, 5.74) is 8.95. The maximum absolute atomic E-state index is 13.6. The maximum atomic E-state index is 13.6. The second kappa shape index (κ2) is 48.3. The number of benzene rings is 3. The summed E-state index contributed by atoms with van der Waals surface area (Å²) in [6.45, 7) is 21.0. The molecule has 0 bridgehead atoms. The lowest BCUT2D eigenvalue weighted by atomic mass is 9.91. The number of fused-ring (bicyclic) bond motifs is 6. The minimum Gasteiger partial charge on any atom is -0.493 e. The standard InChI is InChI=1S/C37H46FN5O7S.C35H43N5O8S.C30H39FN4O4.3H2/c1-23(44)22-51-32-21-33(46)42(37(32)48)18-12-27(45)6-3-4-19-49-30-7-5-14-43-35(30)39-24(2)28(36(43)47)13-17-41-15-10-25(11-16-41)34-29-9-8-26(38)20-31(29)50-40-34;1-21(41)20-49-30-18-31(44)40(35(30)46)19-24(42)5-4-16-47-25-7-8-27-29(17-25)48-37-32(27)23-9-13-38(14-10-23)15-11-26-22(2)36-33-28(43)6-3-12-39(33)34(26)45;1-20(36)7-4-3-5-18-38-26-8-6-14-35-29(26)32-21(2)24(30(35)37)13-17-34-15-11-22(12-16-34)28-25-10-9-23(31)19-27(25)39-33-28;;;/h8-9,20,25,30,32H,3-7,10-19,21-22H2,1-2H3;7-8,17,23,28,30,43H,3-6,9-16,18-20H2,1-2H3;9-10,19,22,26H,3-8,11-18H2,1-2H3;3*1H. The largest absolute Gasteiger partial charge is 0.493 e. The summed E-state index contributed by atoms with van der Waals surface area (Å²) in [6, 6.07) is 14.8. The first-order valence-corrected chi connectivity index (χ1v) is 51.6. The molecule has 8 aliphatic rings. The average Bonchev–Trinajstić information content (AvgIpc) is 1.12. The van der Waals surface area contributed by atoms with Crippen molar-refractivity contribution < 1.29 is 89.1 Å². The van der Waals surface area contributed by atoms with Crippen molar-refractivity contribution in [3.8, 4) is 5.75 Å². The zero-order valence-electron chi connectivity index (χ0n) is 80.5. The predicted octanol–water partition coefficient (Wildman–Crippen LogP) is 13.8. The van der Waals surface area contributed by atoms with Crippen LogP contribution in [0.1, 0.15) is 284 Å². The number of unbranched alkanes of at least 4 members (excludes halogenated alkanes) is 3. The number of aryl methyl sites for hydroxylation is 3. The number of rotatable bonds is 41. The predicted molar refractivity (Wildman–Crippen MR) is 523 cm³/mol. The van der Waals surface area contributed by atoms with Gasteiger partial charge in [-0.2, -0.15) is 0 Å². The summed E-state index contributed by atoms with van der Waals surface area (Å²) in [4.78, 5) is 172. The third kappa shape index (κ3) is 26.1. The number of aromatic nitrogens is 9. The van der Waals surface area contributed by atoms with Crippen LogP contribution in [-0.4, -0.2) is 240 Å². The number of hydrogen-bond donors (Lipinski definition) is 1. The fraction of sp³-hybridized carbons (Fsp3) is 0.588. The van der Waals surface area contributed by atoms with E-state index in [9.17, 15) is 71.4 Å². The van der Waals surface area contributed by atoms with E-state index < -0.39 is 22.5 Å². The molecule has 3 aromatic carbocycles. The van der Waals surface area contributed by atoms with E-state index in [0.717, 1.165) is 237 Å². The number of piperidine rings is 3. The van der Waals surface area contributed by atoms with Crippen LogP contribution in [0.4, 0.5) is 8.78 Å². The zero-order valence-corrected chi connectivity index (χ0v) is 82.1. The van der Waals surface area contributed by atoms with Gasteiger partial charge in [-0.15, -0.1) is 23.5 Å². The molecule has 8 aliphatic heterocycles. The molecule has 1 N–H and O–H groups in total. The van der Waals surface area contributed by atoms with Crippen LogP contribution >= 0.6 is 23.5 Å². The number of ether oxygens (including phenoxy) is 3. The van der Waals surface area contributed by atoms with E-state index in [2.05, 4.69) is 35.2 Å². The molecule has 37 heteroatoms. The number of amides is 4. The van der Waals surface area contributed by atoms with Crippen LogP contribution < -0.4 is 21.4 Å².